The number of ether oxygens (including phenoxy) is 1. The van der Waals surface area contributed by atoms with Crippen molar-refractivity contribution in [1.82, 2.24) is 9.55 Å². The van der Waals surface area contributed by atoms with Gasteiger partial charge in [-0.2, -0.15) is 0 Å². The molecule has 4 heteroatoms. The highest BCUT2D eigenvalue weighted by atomic mass is 16.5. The number of benzene rings is 2. The van der Waals surface area contributed by atoms with E-state index < -0.39 is 6.10 Å². The number of nitrogens with zero attached hydrogens (tertiary/aromatic N) is 2. The molecule has 1 heterocycles. The summed E-state index contributed by atoms with van der Waals surface area (Å²) in [6, 6.07) is 12.3. The van der Waals surface area contributed by atoms with E-state index in [-0.39, 0.29) is 6.61 Å². The van der Waals surface area contributed by atoms with Crippen LogP contribution in [-0.2, 0) is 6.54 Å². The van der Waals surface area contributed by atoms with E-state index in [1.54, 1.807) is 0 Å². The fraction of sp³-hybridized carbons (Fsp3) is 0.435. The van der Waals surface area contributed by atoms with Gasteiger partial charge in [-0.25, -0.2) is 4.98 Å². The van der Waals surface area contributed by atoms with Gasteiger partial charge in [0.25, 0.3) is 0 Å². The molecule has 0 spiro atoms. The molecule has 3 rings (SSSR count). The first kappa shape index (κ1) is 19.4. The zero-order chi connectivity index (χ0) is 19.6. The van der Waals surface area contributed by atoms with Crippen molar-refractivity contribution in [1.29, 1.82) is 0 Å². The number of aliphatic hydroxyl groups is 1. The van der Waals surface area contributed by atoms with E-state index in [1.165, 1.54) is 11.1 Å². The van der Waals surface area contributed by atoms with E-state index >= 15 is 0 Å². The van der Waals surface area contributed by atoms with Gasteiger partial charge in [0.1, 0.15) is 24.3 Å². The summed E-state index contributed by atoms with van der Waals surface area (Å²) in [4.78, 5) is 4.80. The molecule has 2 aromatic carbocycles. The molecular formula is C23H30N2O2. The van der Waals surface area contributed by atoms with Gasteiger partial charge in [-0.05, 0) is 62.1 Å². The predicted octanol–water partition coefficient (Wildman–Crippen LogP) is 4.91. The molecule has 4 nitrogen and oxygen atoms in total. The van der Waals surface area contributed by atoms with Gasteiger partial charge >= 0.3 is 0 Å². The second-order valence-corrected chi connectivity index (χ2v) is 7.55. The van der Waals surface area contributed by atoms with Crippen molar-refractivity contribution in [3.63, 3.8) is 0 Å². The van der Waals surface area contributed by atoms with Crippen molar-refractivity contribution in [3.05, 3.63) is 58.9 Å². The van der Waals surface area contributed by atoms with E-state index in [2.05, 4.69) is 51.3 Å². The Balaban J connectivity index is 1.79. The molecule has 1 N–H and O–H groups in total. The van der Waals surface area contributed by atoms with Crippen LogP contribution in [0, 0.1) is 20.8 Å². The SMILES string of the molecule is CCC(C)c1nc2ccccc2n1CC(O)COc1cc(C)cc(C)c1C. The van der Waals surface area contributed by atoms with E-state index in [0.717, 1.165) is 34.6 Å². The molecule has 2 unspecified atom stereocenters. The average Bonchev–Trinajstić information content (AvgIpc) is 3.01. The molecule has 1 aromatic heterocycles. The molecule has 0 aliphatic carbocycles. The number of aryl methyl sites for hydroxylation is 2. The summed E-state index contributed by atoms with van der Waals surface area (Å²) in [7, 11) is 0. The highest BCUT2D eigenvalue weighted by Gasteiger charge is 2.18. The van der Waals surface area contributed by atoms with Crippen molar-refractivity contribution in [2.45, 2.75) is 59.6 Å². The normalized spacial score (nSPS) is 13.7. The highest BCUT2D eigenvalue weighted by Crippen LogP contribution is 2.26. The lowest BCUT2D eigenvalue weighted by atomic mass is 10.1. The van der Waals surface area contributed by atoms with Crippen LogP contribution in [0.25, 0.3) is 11.0 Å². The third kappa shape index (κ3) is 4.16. The standard InChI is InChI=1S/C23H30N2O2/c1-6-16(3)23-24-20-9-7-8-10-21(20)25(23)13-19(26)14-27-22-12-15(2)11-17(4)18(22)5/h7-12,16,19,26H,6,13-14H2,1-5H3. The van der Waals surface area contributed by atoms with Crippen LogP contribution in [0.3, 0.4) is 0 Å². The first-order valence-corrected chi connectivity index (χ1v) is 9.74. The van der Waals surface area contributed by atoms with E-state index in [0.29, 0.717) is 12.5 Å². The number of hydrogen-bond donors (Lipinski definition) is 1. The van der Waals surface area contributed by atoms with Crippen LogP contribution in [0.1, 0.15) is 48.7 Å². The Morgan fingerprint density at radius 1 is 1.15 bits per heavy atom. The Kier molecular flexibility index (Phi) is 5.85. The number of para-hydroxylation sites is 2. The summed E-state index contributed by atoms with van der Waals surface area (Å²) in [6.07, 6.45) is 0.406. The number of aromatic nitrogens is 2. The maximum atomic E-state index is 10.7. The molecule has 0 fully saturated rings. The van der Waals surface area contributed by atoms with Crippen molar-refractivity contribution in [3.8, 4) is 5.75 Å². The highest BCUT2D eigenvalue weighted by molar-refractivity contribution is 5.76. The van der Waals surface area contributed by atoms with Crippen LogP contribution in [-0.4, -0.2) is 27.4 Å². The van der Waals surface area contributed by atoms with Gasteiger partial charge in [0, 0.05) is 5.92 Å². The Morgan fingerprint density at radius 2 is 1.89 bits per heavy atom. The molecule has 0 bridgehead atoms. The van der Waals surface area contributed by atoms with Gasteiger partial charge in [-0.15, -0.1) is 0 Å². The molecule has 0 saturated carbocycles. The largest absolute Gasteiger partial charge is 0.491 e. The van der Waals surface area contributed by atoms with Gasteiger partial charge in [-0.1, -0.05) is 32.0 Å². The second kappa shape index (κ2) is 8.13. The first-order valence-electron chi connectivity index (χ1n) is 9.74. The first-order chi connectivity index (χ1) is 12.9. The molecule has 0 saturated heterocycles. The molecule has 0 amide bonds. The van der Waals surface area contributed by atoms with E-state index in [1.807, 2.05) is 24.3 Å². The number of aliphatic hydroxyl groups excluding tert-OH is 1. The molecule has 27 heavy (non-hydrogen) atoms. The maximum Gasteiger partial charge on any atom is 0.122 e. The van der Waals surface area contributed by atoms with Crippen molar-refractivity contribution in [2.75, 3.05) is 6.61 Å². The zero-order valence-electron chi connectivity index (χ0n) is 17.0. The number of fused-ring (bicyclic) bond motifs is 1. The number of hydrogen-bond acceptors (Lipinski definition) is 3. The smallest absolute Gasteiger partial charge is 0.122 e. The second-order valence-electron chi connectivity index (χ2n) is 7.55. The van der Waals surface area contributed by atoms with Crippen molar-refractivity contribution < 1.29 is 9.84 Å². The summed E-state index contributed by atoms with van der Waals surface area (Å²) in [6.45, 7) is 11.3. The summed E-state index contributed by atoms with van der Waals surface area (Å²) in [5.41, 5.74) is 5.54. The lowest BCUT2D eigenvalue weighted by Crippen LogP contribution is -2.25. The van der Waals surface area contributed by atoms with Crippen molar-refractivity contribution >= 4 is 11.0 Å². The van der Waals surface area contributed by atoms with Gasteiger partial charge in [0.15, 0.2) is 0 Å². The summed E-state index contributed by atoms with van der Waals surface area (Å²) in [5, 5.41) is 10.7. The maximum absolute atomic E-state index is 10.7. The zero-order valence-corrected chi connectivity index (χ0v) is 17.0. The predicted molar refractivity (Wildman–Crippen MR) is 111 cm³/mol. The Morgan fingerprint density at radius 3 is 2.63 bits per heavy atom. The Labute approximate surface area is 161 Å². The number of rotatable bonds is 7. The average molecular weight is 367 g/mol. The van der Waals surface area contributed by atoms with Gasteiger partial charge in [0.05, 0.1) is 17.6 Å². The lowest BCUT2D eigenvalue weighted by Gasteiger charge is -2.19. The molecular weight excluding hydrogens is 336 g/mol. The van der Waals surface area contributed by atoms with Crippen LogP contribution < -0.4 is 4.74 Å². The van der Waals surface area contributed by atoms with Crippen LogP contribution in [0.4, 0.5) is 0 Å². The van der Waals surface area contributed by atoms with Gasteiger partial charge in [0.2, 0.25) is 0 Å². The minimum Gasteiger partial charge on any atom is -0.491 e. The molecule has 0 aliphatic heterocycles. The minimum absolute atomic E-state index is 0.260. The summed E-state index contributed by atoms with van der Waals surface area (Å²) in [5.74, 6) is 2.22. The molecule has 0 radical (unpaired) electrons. The fourth-order valence-electron chi connectivity index (χ4n) is 3.44. The monoisotopic (exact) mass is 366 g/mol. The van der Waals surface area contributed by atoms with E-state index in [9.17, 15) is 5.11 Å². The third-order valence-corrected chi connectivity index (χ3v) is 5.33. The fourth-order valence-corrected chi connectivity index (χ4v) is 3.44. The van der Waals surface area contributed by atoms with Gasteiger partial charge in [-0.3, -0.25) is 0 Å². The Bertz CT molecular complexity index is 930. The van der Waals surface area contributed by atoms with Crippen LogP contribution in [0.5, 0.6) is 5.75 Å². The van der Waals surface area contributed by atoms with Gasteiger partial charge < -0.3 is 14.4 Å². The molecule has 0 aliphatic rings. The lowest BCUT2D eigenvalue weighted by molar-refractivity contribution is 0.0920. The topological polar surface area (TPSA) is 47.3 Å². The van der Waals surface area contributed by atoms with Crippen LogP contribution in [0.2, 0.25) is 0 Å². The Hall–Kier alpha value is -2.33. The van der Waals surface area contributed by atoms with Crippen LogP contribution >= 0.6 is 0 Å². The molecule has 3 aromatic rings. The number of imidazole rings is 1. The van der Waals surface area contributed by atoms with Crippen LogP contribution in [0.15, 0.2) is 36.4 Å². The summed E-state index contributed by atoms with van der Waals surface area (Å²) >= 11 is 0. The quantitative estimate of drug-likeness (QED) is 0.646. The minimum atomic E-state index is -0.606. The third-order valence-electron chi connectivity index (χ3n) is 5.33. The molecule has 2 atom stereocenters. The van der Waals surface area contributed by atoms with E-state index in [4.69, 9.17) is 9.72 Å². The summed E-state index contributed by atoms with van der Waals surface area (Å²) < 4.78 is 8.11. The molecule has 144 valence electrons. The van der Waals surface area contributed by atoms with Crippen molar-refractivity contribution in [2.24, 2.45) is 0 Å².